The maximum absolute atomic E-state index is 12.3. The monoisotopic (exact) mass is 306 g/mol. The van der Waals surface area contributed by atoms with E-state index < -0.39 is 5.54 Å². The van der Waals surface area contributed by atoms with Gasteiger partial charge in [-0.25, -0.2) is 9.78 Å². The molecule has 2 amide bonds. The smallest absolute Gasteiger partial charge is 0.319 e. The van der Waals surface area contributed by atoms with Crippen molar-refractivity contribution in [3.05, 3.63) is 18.3 Å². The highest BCUT2D eigenvalue weighted by Crippen LogP contribution is 2.26. The molecule has 0 unspecified atom stereocenters. The number of hydrogen-bond acceptors (Lipinski definition) is 4. The predicted octanol–water partition coefficient (Wildman–Crippen LogP) is 2.35. The Hall–Kier alpha value is -1.82. The molecule has 0 aromatic carbocycles. The van der Waals surface area contributed by atoms with Crippen molar-refractivity contribution in [2.24, 2.45) is 0 Å². The molecule has 1 aromatic heterocycles. The van der Waals surface area contributed by atoms with E-state index in [0.717, 1.165) is 31.7 Å². The first-order valence-electron chi connectivity index (χ1n) is 8.04. The molecule has 0 atom stereocenters. The maximum atomic E-state index is 12.3. The van der Waals surface area contributed by atoms with Crippen LogP contribution in [0.15, 0.2) is 18.3 Å². The second-order valence-electron chi connectivity index (χ2n) is 5.79. The second kappa shape index (κ2) is 7.45. The largest absolute Gasteiger partial charge is 0.394 e. The predicted molar refractivity (Wildman–Crippen MR) is 88.2 cm³/mol. The molecule has 1 aliphatic rings. The van der Waals surface area contributed by atoms with Gasteiger partial charge in [-0.3, -0.25) is 0 Å². The molecule has 0 saturated carbocycles. The topological polar surface area (TPSA) is 77.5 Å². The third-order valence-electron chi connectivity index (χ3n) is 4.48. The van der Waals surface area contributed by atoms with E-state index in [-0.39, 0.29) is 12.6 Å². The minimum atomic E-state index is -0.569. The summed E-state index contributed by atoms with van der Waals surface area (Å²) in [4.78, 5) is 18.9. The van der Waals surface area contributed by atoms with Gasteiger partial charge in [-0.05, 0) is 37.8 Å². The normalized spacial score (nSPS) is 15.0. The number of nitrogens with one attached hydrogen (secondary N) is 2. The lowest BCUT2D eigenvalue weighted by Gasteiger charge is -2.31. The molecule has 6 nitrogen and oxygen atoms in total. The Labute approximate surface area is 131 Å². The van der Waals surface area contributed by atoms with Crippen molar-refractivity contribution >= 4 is 17.5 Å². The number of aromatic nitrogens is 1. The molecule has 1 fully saturated rings. The first kappa shape index (κ1) is 16.5. The molecule has 1 saturated heterocycles. The molecule has 3 N–H and O–H groups in total. The van der Waals surface area contributed by atoms with E-state index in [9.17, 15) is 9.90 Å². The molecule has 1 aliphatic heterocycles. The first-order valence-corrected chi connectivity index (χ1v) is 8.04. The Morgan fingerprint density at radius 1 is 1.36 bits per heavy atom. The summed E-state index contributed by atoms with van der Waals surface area (Å²) in [6.07, 6.45) is 5.41. The summed E-state index contributed by atoms with van der Waals surface area (Å²) in [6, 6.07) is 3.37. The Morgan fingerprint density at radius 2 is 2.05 bits per heavy atom. The highest BCUT2D eigenvalue weighted by Gasteiger charge is 2.27. The summed E-state index contributed by atoms with van der Waals surface area (Å²) in [5.41, 5.74) is 0.140. The quantitative estimate of drug-likeness (QED) is 0.754. The van der Waals surface area contributed by atoms with Crippen LogP contribution in [-0.2, 0) is 0 Å². The van der Waals surface area contributed by atoms with Gasteiger partial charge >= 0.3 is 6.03 Å². The van der Waals surface area contributed by atoms with E-state index in [1.165, 1.54) is 0 Å². The molecule has 122 valence electrons. The van der Waals surface area contributed by atoms with Crippen molar-refractivity contribution < 1.29 is 9.90 Å². The molecule has 6 heteroatoms. The fraction of sp³-hybridized carbons (Fsp3) is 0.625. The third-order valence-corrected chi connectivity index (χ3v) is 4.48. The maximum Gasteiger partial charge on any atom is 0.319 e. The lowest BCUT2D eigenvalue weighted by atomic mass is 9.94. The number of nitrogens with zero attached hydrogens (tertiary/aromatic N) is 2. The highest BCUT2D eigenvalue weighted by molar-refractivity contribution is 5.92. The van der Waals surface area contributed by atoms with Gasteiger partial charge in [-0.15, -0.1) is 0 Å². The molecule has 0 aliphatic carbocycles. The number of anilines is 2. The van der Waals surface area contributed by atoms with Crippen molar-refractivity contribution in [2.75, 3.05) is 29.9 Å². The van der Waals surface area contributed by atoms with Crippen LogP contribution in [0.5, 0.6) is 0 Å². The number of aliphatic hydroxyl groups is 1. The summed E-state index contributed by atoms with van der Waals surface area (Å²) in [6.45, 7) is 5.79. The zero-order valence-electron chi connectivity index (χ0n) is 13.4. The van der Waals surface area contributed by atoms with Gasteiger partial charge in [0.1, 0.15) is 0 Å². The molecule has 2 rings (SSSR count). The zero-order valence-corrected chi connectivity index (χ0v) is 13.4. The SMILES string of the molecule is CCC(CC)(CO)NC(=O)Nc1cccnc1N1CCCC1. The number of rotatable bonds is 6. The van der Waals surface area contributed by atoms with Crippen LogP contribution in [0.3, 0.4) is 0 Å². The Bertz CT molecular complexity index is 488. The Kier molecular flexibility index (Phi) is 5.60. The van der Waals surface area contributed by atoms with Gasteiger partial charge in [0.15, 0.2) is 5.82 Å². The van der Waals surface area contributed by atoms with Crippen molar-refractivity contribution in [3.63, 3.8) is 0 Å². The molecular weight excluding hydrogens is 280 g/mol. The molecule has 0 bridgehead atoms. The van der Waals surface area contributed by atoms with Gasteiger partial charge in [-0.1, -0.05) is 13.8 Å². The van der Waals surface area contributed by atoms with E-state index in [1.807, 2.05) is 26.0 Å². The van der Waals surface area contributed by atoms with Crippen LogP contribution < -0.4 is 15.5 Å². The lowest BCUT2D eigenvalue weighted by molar-refractivity contribution is 0.155. The van der Waals surface area contributed by atoms with Crippen molar-refractivity contribution in [1.29, 1.82) is 0 Å². The standard InChI is InChI=1S/C16H26N4O2/c1-3-16(4-2,12-21)19-15(22)18-13-8-7-9-17-14(13)20-10-5-6-11-20/h7-9,21H,3-6,10-12H2,1-2H3,(H2,18,19,22). The Balaban J connectivity index is 2.08. The Morgan fingerprint density at radius 3 is 2.64 bits per heavy atom. The van der Waals surface area contributed by atoms with Crippen molar-refractivity contribution in [2.45, 2.75) is 45.1 Å². The third kappa shape index (κ3) is 3.68. The number of amides is 2. The first-order chi connectivity index (χ1) is 10.6. The zero-order chi connectivity index (χ0) is 16.0. The summed E-state index contributed by atoms with van der Waals surface area (Å²) >= 11 is 0. The number of urea groups is 1. The van der Waals surface area contributed by atoms with Crippen LogP contribution in [0.4, 0.5) is 16.3 Å². The molecule has 22 heavy (non-hydrogen) atoms. The van der Waals surface area contributed by atoms with Crippen molar-refractivity contribution in [1.82, 2.24) is 10.3 Å². The number of hydrogen-bond donors (Lipinski definition) is 3. The summed E-state index contributed by atoms with van der Waals surface area (Å²) in [5, 5.41) is 15.3. The molecule has 1 aromatic rings. The summed E-state index contributed by atoms with van der Waals surface area (Å²) in [7, 11) is 0. The van der Waals surface area contributed by atoms with Gasteiger partial charge in [-0.2, -0.15) is 0 Å². The van der Waals surface area contributed by atoms with E-state index in [0.29, 0.717) is 18.5 Å². The lowest BCUT2D eigenvalue weighted by Crippen LogP contribution is -2.52. The van der Waals surface area contributed by atoms with Gasteiger partial charge in [0, 0.05) is 19.3 Å². The molecule has 2 heterocycles. The summed E-state index contributed by atoms with van der Waals surface area (Å²) in [5.74, 6) is 0.817. The molecule has 0 radical (unpaired) electrons. The van der Waals surface area contributed by atoms with E-state index in [2.05, 4.69) is 20.5 Å². The fourth-order valence-corrected chi connectivity index (χ4v) is 2.76. The van der Waals surface area contributed by atoms with E-state index in [4.69, 9.17) is 0 Å². The second-order valence-corrected chi connectivity index (χ2v) is 5.79. The van der Waals surface area contributed by atoms with Crippen LogP contribution in [-0.4, -0.2) is 41.4 Å². The van der Waals surface area contributed by atoms with E-state index >= 15 is 0 Å². The van der Waals surface area contributed by atoms with Gasteiger partial charge in [0.2, 0.25) is 0 Å². The van der Waals surface area contributed by atoms with Gasteiger partial charge < -0.3 is 20.6 Å². The van der Waals surface area contributed by atoms with Crippen LogP contribution in [0, 0.1) is 0 Å². The average molecular weight is 306 g/mol. The van der Waals surface area contributed by atoms with Crippen molar-refractivity contribution in [3.8, 4) is 0 Å². The average Bonchev–Trinajstić information content (AvgIpc) is 3.07. The van der Waals surface area contributed by atoms with Gasteiger partial charge in [0.05, 0.1) is 17.8 Å². The van der Waals surface area contributed by atoms with Crippen LogP contribution >= 0.6 is 0 Å². The number of aliphatic hydroxyl groups excluding tert-OH is 1. The number of pyridine rings is 1. The van der Waals surface area contributed by atoms with Crippen LogP contribution in [0.2, 0.25) is 0 Å². The van der Waals surface area contributed by atoms with Gasteiger partial charge in [0.25, 0.3) is 0 Å². The highest BCUT2D eigenvalue weighted by atomic mass is 16.3. The minimum absolute atomic E-state index is 0.0700. The molecule has 0 spiro atoms. The van der Waals surface area contributed by atoms with E-state index in [1.54, 1.807) is 6.20 Å². The molecular formula is C16H26N4O2. The van der Waals surface area contributed by atoms with Crippen LogP contribution in [0.1, 0.15) is 39.5 Å². The minimum Gasteiger partial charge on any atom is -0.394 e. The number of carbonyl (C=O) groups is 1. The summed E-state index contributed by atoms with van der Waals surface area (Å²) < 4.78 is 0. The fourth-order valence-electron chi connectivity index (χ4n) is 2.76. The number of carbonyl (C=O) groups excluding carboxylic acids is 1. The van der Waals surface area contributed by atoms with Crippen LogP contribution in [0.25, 0.3) is 0 Å².